The molecule has 0 aliphatic heterocycles. The van der Waals surface area contributed by atoms with Crippen LogP contribution >= 0.6 is 58.2 Å². The minimum absolute atomic E-state index is 0.0187. The van der Waals surface area contributed by atoms with Crippen LogP contribution in [-0.2, 0) is 21.9 Å². The largest absolute Gasteiger partial charge is 0.352 e. The van der Waals surface area contributed by atoms with E-state index in [4.69, 9.17) is 46.4 Å². The summed E-state index contributed by atoms with van der Waals surface area (Å²) in [6, 6.07) is 9.96. The Hall–Kier alpha value is -1.11. The van der Waals surface area contributed by atoms with E-state index >= 15 is 0 Å². The van der Waals surface area contributed by atoms with Gasteiger partial charge in [-0.05, 0) is 55.2 Å². The monoisotopic (exact) mass is 548 g/mol. The van der Waals surface area contributed by atoms with E-state index in [-0.39, 0.29) is 30.2 Å². The van der Waals surface area contributed by atoms with Gasteiger partial charge in [-0.3, -0.25) is 9.59 Å². The highest BCUT2D eigenvalue weighted by atomic mass is 35.5. The summed E-state index contributed by atoms with van der Waals surface area (Å²) in [6.45, 7) is 6.09. The molecular formula is C24H28Cl4N2O2S. The van der Waals surface area contributed by atoms with Gasteiger partial charge >= 0.3 is 0 Å². The minimum Gasteiger partial charge on any atom is -0.352 e. The predicted octanol–water partition coefficient (Wildman–Crippen LogP) is 7.26. The van der Waals surface area contributed by atoms with Crippen molar-refractivity contribution >= 4 is 70.0 Å². The van der Waals surface area contributed by atoms with E-state index in [2.05, 4.69) is 5.32 Å². The quantitative estimate of drug-likeness (QED) is 0.321. The van der Waals surface area contributed by atoms with Crippen molar-refractivity contribution in [1.82, 2.24) is 10.2 Å². The number of thioether (sulfide) groups is 1. The number of halogens is 4. The van der Waals surface area contributed by atoms with E-state index in [1.807, 2.05) is 26.8 Å². The van der Waals surface area contributed by atoms with Crippen LogP contribution < -0.4 is 5.32 Å². The van der Waals surface area contributed by atoms with Gasteiger partial charge in [0.2, 0.25) is 11.8 Å². The first-order valence-corrected chi connectivity index (χ1v) is 13.4. The number of carbonyl (C=O) groups excluding carboxylic acids is 2. The number of amides is 2. The maximum atomic E-state index is 13.3. The Bertz CT molecular complexity index is 953. The summed E-state index contributed by atoms with van der Waals surface area (Å²) in [7, 11) is 0. The van der Waals surface area contributed by atoms with Gasteiger partial charge in [-0.15, -0.1) is 11.8 Å². The third-order valence-electron chi connectivity index (χ3n) is 5.26. The van der Waals surface area contributed by atoms with Gasteiger partial charge in [-0.2, -0.15) is 0 Å². The van der Waals surface area contributed by atoms with Crippen LogP contribution in [0, 0.1) is 0 Å². The zero-order valence-corrected chi connectivity index (χ0v) is 22.7. The van der Waals surface area contributed by atoms with Gasteiger partial charge in [0.05, 0.1) is 15.8 Å². The van der Waals surface area contributed by atoms with E-state index in [0.29, 0.717) is 32.3 Å². The van der Waals surface area contributed by atoms with Gasteiger partial charge in [0.1, 0.15) is 6.04 Å². The van der Waals surface area contributed by atoms with Gasteiger partial charge in [-0.25, -0.2) is 0 Å². The molecule has 2 atom stereocenters. The molecule has 2 aromatic carbocycles. The zero-order chi connectivity index (χ0) is 24.5. The zero-order valence-electron chi connectivity index (χ0n) is 18.8. The first-order chi connectivity index (χ1) is 15.7. The molecule has 0 heterocycles. The molecule has 2 rings (SSSR count). The summed E-state index contributed by atoms with van der Waals surface area (Å²) in [5, 5.41) is 4.97. The highest BCUT2D eigenvalue weighted by Gasteiger charge is 2.29. The number of hydrogen-bond donors (Lipinski definition) is 1. The topological polar surface area (TPSA) is 49.4 Å². The molecule has 0 radical (unpaired) electrons. The molecule has 9 heteroatoms. The fourth-order valence-corrected chi connectivity index (χ4v) is 5.16. The smallest absolute Gasteiger partial charge is 0.243 e. The van der Waals surface area contributed by atoms with Crippen LogP contribution in [0.2, 0.25) is 20.1 Å². The molecule has 0 aromatic heterocycles. The van der Waals surface area contributed by atoms with Crippen molar-refractivity contribution in [3.63, 3.8) is 0 Å². The van der Waals surface area contributed by atoms with Crippen molar-refractivity contribution in [3.05, 3.63) is 67.6 Å². The van der Waals surface area contributed by atoms with Gasteiger partial charge in [0, 0.05) is 28.4 Å². The Morgan fingerprint density at radius 2 is 1.64 bits per heavy atom. The average Bonchev–Trinajstić information content (AvgIpc) is 2.77. The molecule has 1 N–H and O–H groups in total. The molecule has 2 amide bonds. The van der Waals surface area contributed by atoms with E-state index in [9.17, 15) is 9.59 Å². The lowest BCUT2D eigenvalue weighted by Crippen LogP contribution is -2.51. The van der Waals surface area contributed by atoms with Crippen LogP contribution in [0.4, 0.5) is 0 Å². The number of nitrogens with one attached hydrogen (secondary N) is 1. The molecular weight excluding hydrogens is 522 g/mol. The summed E-state index contributed by atoms with van der Waals surface area (Å²) in [4.78, 5) is 27.9. The lowest BCUT2D eigenvalue weighted by molar-refractivity contribution is -0.139. The molecule has 0 spiro atoms. The highest BCUT2D eigenvalue weighted by molar-refractivity contribution is 7.99. The SMILES string of the molecule is CC[C@H](C)NC(=O)[C@H](CC)N(Cc1ccc(Cl)c(Cl)c1)C(=O)CSCc1c(Cl)cccc1Cl. The normalized spacial score (nSPS) is 12.8. The number of nitrogens with zero attached hydrogens (tertiary/aromatic N) is 1. The molecule has 0 unspecified atom stereocenters. The number of carbonyl (C=O) groups is 2. The van der Waals surface area contributed by atoms with Gasteiger partial charge in [0.15, 0.2) is 0 Å². The third kappa shape index (κ3) is 8.25. The molecule has 4 nitrogen and oxygen atoms in total. The van der Waals surface area contributed by atoms with E-state index < -0.39 is 6.04 Å². The Kier molecular flexibility index (Phi) is 11.7. The Morgan fingerprint density at radius 3 is 2.21 bits per heavy atom. The van der Waals surface area contributed by atoms with Gasteiger partial charge < -0.3 is 10.2 Å². The van der Waals surface area contributed by atoms with Gasteiger partial charge in [0.25, 0.3) is 0 Å². The highest BCUT2D eigenvalue weighted by Crippen LogP contribution is 2.29. The fourth-order valence-electron chi connectivity index (χ4n) is 3.19. The molecule has 0 aliphatic carbocycles. The second-order valence-corrected chi connectivity index (χ2v) is 10.3. The first-order valence-electron chi connectivity index (χ1n) is 10.7. The van der Waals surface area contributed by atoms with Crippen molar-refractivity contribution < 1.29 is 9.59 Å². The molecule has 0 bridgehead atoms. The van der Waals surface area contributed by atoms with Crippen LogP contribution in [-0.4, -0.2) is 34.6 Å². The number of hydrogen-bond acceptors (Lipinski definition) is 3. The molecule has 33 heavy (non-hydrogen) atoms. The van der Waals surface area contributed by atoms with Crippen molar-refractivity contribution in [3.8, 4) is 0 Å². The first kappa shape index (κ1) is 28.1. The maximum Gasteiger partial charge on any atom is 0.243 e. The van der Waals surface area contributed by atoms with E-state index in [1.54, 1.807) is 35.2 Å². The van der Waals surface area contributed by atoms with Crippen LogP contribution in [0.5, 0.6) is 0 Å². The van der Waals surface area contributed by atoms with Crippen molar-refractivity contribution in [2.75, 3.05) is 5.75 Å². The summed E-state index contributed by atoms with van der Waals surface area (Å²) in [6.07, 6.45) is 1.29. The summed E-state index contributed by atoms with van der Waals surface area (Å²) in [5.41, 5.74) is 1.59. The molecule has 0 fully saturated rings. The Morgan fingerprint density at radius 1 is 0.970 bits per heavy atom. The van der Waals surface area contributed by atoms with Crippen LogP contribution in [0.25, 0.3) is 0 Å². The second kappa shape index (κ2) is 13.7. The molecule has 180 valence electrons. The van der Waals surface area contributed by atoms with Crippen molar-refractivity contribution in [2.24, 2.45) is 0 Å². The molecule has 0 saturated carbocycles. The van der Waals surface area contributed by atoms with E-state index in [1.165, 1.54) is 11.8 Å². The van der Waals surface area contributed by atoms with E-state index in [0.717, 1.165) is 17.5 Å². The lowest BCUT2D eigenvalue weighted by atomic mass is 10.1. The predicted molar refractivity (Wildman–Crippen MR) is 142 cm³/mol. The summed E-state index contributed by atoms with van der Waals surface area (Å²) >= 11 is 26.1. The molecule has 0 aliphatic rings. The average molecular weight is 550 g/mol. The molecule has 2 aromatic rings. The van der Waals surface area contributed by atoms with Crippen LogP contribution in [0.15, 0.2) is 36.4 Å². The van der Waals surface area contributed by atoms with Crippen LogP contribution in [0.3, 0.4) is 0 Å². The lowest BCUT2D eigenvalue weighted by Gasteiger charge is -2.31. The minimum atomic E-state index is -0.606. The fraction of sp³-hybridized carbons (Fsp3) is 0.417. The number of benzene rings is 2. The number of rotatable bonds is 11. The standard InChI is InChI=1S/C24H28Cl4N2O2S/c1-4-15(3)29-24(32)22(5-2)30(12-16-9-10-20(27)21(28)11-16)23(31)14-33-13-17-18(25)7-6-8-19(17)26/h6-11,15,22H,4-5,12-14H2,1-3H3,(H,29,32)/t15-,22-/m0/s1. The Labute approximate surface area is 220 Å². The van der Waals surface area contributed by atoms with Crippen molar-refractivity contribution in [2.45, 2.75) is 58.0 Å². The third-order valence-corrected chi connectivity index (χ3v) is 7.65. The van der Waals surface area contributed by atoms with Crippen molar-refractivity contribution in [1.29, 1.82) is 0 Å². The Balaban J connectivity index is 2.21. The second-order valence-electron chi connectivity index (χ2n) is 7.71. The molecule has 0 saturated heterocycles. The maximum absolute atomic E-state index is 13.3. The summed E-state index contributed by atoms with van der Waals surface area (Å²) < 4.78 is 0. The van der Waals surface area contributed by atoms with Gasteiger partial charge in [-0.1, -0.05) is 72.4 Å². The van der Waals surface area contributed by atoms with Crippen LogP contribution in [0.1, 0.15) is 44.7 Å². The summed E-state index contributed by atoms with van der Waals surface area (Å²) in [5.74, 6) is 0.344.